The quantitative estimate of drug-likeness (QED) is 0.894. The molecule has 5 nitrogen and oxygen atoms in total. The van der Waals surface area contributed by atoms with Crippen LogP contribution in [0.5, 0.6) is 0 Å². The van der Waals surface area contributed by atoms with Gasteiger partial charge in [-0.25, -0.2) is 4.39 Å². The van der Waals surface area contributed by atoms with Crippen LogP contribution in [0.4, 0.5) is 10.1 Å². The van der Waals surface area contributed by atoms with Crippen molar-refractivity contribution in [3.8, 4) is 0 Å². The number of nitrogens with one attached hydrogen (secondary N) is 2. The maximum absolute atomic E-state index is 13.2. The van der Waals surface area contributed by atoms with Crippen LogP contribution in [0.25, 0.3) is 0 Å². The molecule has 7 heteroatoms. The van der Waals surface area contributed by atoms with E-state index in [0.29, 0.717) is 12.2 Å². The van der Waals surface area contributed by atoms with Crippen LogP contribution < -0.4 is 15.6 Å². The topological polar surface area (TPSA) is 65.2 Å². The molecule has 3 rings (SSSR count). The van der Waals surface area contributed by atoms with E-state index < -0.39 is 5.82 Å². The number of nitrogens with zero attached hydrogens (tertiary/aromatic N) is 1. The summed E-state index contributed by atoms with van der Waals surface area (Å²) in [6.45, 7) is 3.06. The highest BCUT2D eigenvalue weighted by atomic mass is 35.5. The molecule has 1 amide bonds. The van der Waals surface area contributed by atoms with Gasteiger partial charge >= 0.3 is 0 Å². The third kappa shape index (κ3) is 3.43. The van der Waals surface area contributed by atoms with E-state index in [1.165, 1.54) is 18.3 Å². The number of aryl methyl sites for hydroxylation is 1. The van der Waals surface area contributed by atoms with Crippen molar-refractivity contribution in [2.24, 2.45) is 0 Å². The minimum absolute atomic E-state index is 0.0752. The zero-order valence-electron chi connectivity index (χ0n) is 13.1. The monoisotopic (exact) mass is 349 g/mol. The van der Waals surface area contributed by atoms with Crippen LogP contribution >= 0.6 is 11.6 Å². The number of carbonyl (C=O) groups is 1. The lowest BCUT2D eigenvalue weighted by Gasteiger charge is -2.19. The van der Waals surface area contributed by atoms with Crippen molar-refractivity contribution in [2.45, 2.75) is 19.4 Å². The van der Waals surface area contributed by atoms with Crippen LogP contribution in [-0.2, 0) is 0 Å². The normalized spacial score (nSPS) is 17.1. The van der Waals surface area contributed by atoms with Gasteiger partial charge in [0.1, 0.15) is 11.4 Å². The fourth-order valence-electron chi connectivity index (χ4n) is 2.81. The molecule has 1 aromatic carbocycles. The van der Waals surface area contributed by atoms with Gasteiger partial charge in [0.25, 0.3) is 5.91 Å². The second kappa shape index (κ2) is 6.65. The Kier molecular flexibility index (Phi) is 4.57. The lowest BCUT2D eigenvalue weighted by Crippen LogP contribution is -2.39. The van der Waals surface area contributed by atoms with E-state index >= 15 is 0 Å². The first kappa shape index (κ1) is 16.5. The second-order valence-corrected chi connectivity index (χ2v) is 6.30. The molecule has 1 atom stereocenters. The number of halogens is 2. The highest BCUT2D eigenvalue weighted by molar-refractivity contribution is 6.31. The predicted octanol–water partition coefficient (Wildman–Crippen LogP) is 2.48. The zero-order valence-corrected chi connectivity index (χ0v) is 13.9. The van der Waals surface area contributed by atoms with E-state index in [0.717, 1.165) is 18.7 Å². The summed E-state index contributed by atoms with van der Waals surface area (Å²) >= 11 is 5.81. The molecular weight excluding hydrogens is 333 g/mol. The molecule has 126 valence electrons. The molecule has 2 N–H and O–H groups in total. The summed E-state index contributed by atoms with van der Waals surface area (Å²) in [5.74, 6) is -0.844. The Hall–Kier alpha value is -2.34. The fourth-order valence-corrected chi connectivity index (χ4v) is 2.98. The molecule has 0 unspecified atom stereocenters. The minimum Gasteiger partial charge on any atom is -0.369 e. The van der Waals surface area contributed by atoms with E-state index in [1.54, 1.807) is 19.1 Å². The number of hydrogen-bond donors (Lipinski definition) is 2. The largest absolute Gasteiger partial charge is 0.369 e. The molecule has 2 heterocycles. The second-order valence-electron chi connectivity index (χ2n) is 5.90. The number of amides is 1. The molecule has 0 aliphatic carbocycles. The SMILES string of the molecule is Cc1cc(=O)c(C(=O)N[C@H]2CCN(c3ccc(F)c(Cl)c3)C2)c[nH]1. The van der Waals surface area contributed by atoms with E-state index in [1.807, 2.05) is 4.90 Å². The Labute approximate surface area is 143 Å². The maximum atomic E-state index is 13.2. The van der Waals surface area contributed by atoms with Crippen molar-refractivity contribution < 1.29 is 9.18 Å². The Bertz CT molecular complexity index is 837. The number of benzene rings is 1. The van der Waals surface area contributed by atoms with Crippen LogP contribution in [0.1, 0.15) is 22.5 Å². The summed E-state index contributed by atoms with van der Waals surface area (Å²) in [6, 6.07) is 5.88. The summed E-state index contributed by atoms with van der Waals surface area (Å²) in [6.07, 6.45) is 2.17. The molecule has 24 heavy (non-hydrogen) atoms. The average molecular weight is 350 g/mol. The van der Waals surface area contributed by atoms with Gasteiger partial charge in [0.15, 0.2) is 5.43 Å². The first-order valence-corrected chi connectivity index (χ1v) is 8.02. The third-order valence-corrected chi connectivity index (χ3v) is 4.38. The van der Waals surface area contributed by atoms with Crippen LogP contribution in [0.15, 0.2) is 35.3 Å². The molecule has 2 aromatic rings. The molecule has 1 aliphatic rings. The van der Waals surface area contributed by atoms with Gasteiger partial charge < -0.3 is 15.2 Å². The van der Waals surface area contributed by atoms with Gasteiger partial charge in [-0.05, 0) is 31.5 Å². The molecule has 0 saturated carbocycles. The summed E-state index contributed by atoms with van der Waals surface area (Å²) in [5, 5.41) is 2.95. The van der Waals surface area contributed by atoms with Gasteiger partial charge in [-0.15, -0.1) is 0 Å². The summed E-state index contributed by atoms with van der Waals surface area (Å²) in [4.78, 5) is 29.0. The molecule has 0 spiro atoms. The van der Waals surface area contributed by atoms with Gasteiger partial charge in [-0.2, -0.15) is 0 Å². The van der Waals surface area contributed by atoms with Crippen molar-refractivity contribution in [3.63, 3.8) is 0 Å². The third-order valence-electron chi connectivity index (χ3n) is 4.09. The number of hydrogen-bond acceptors (Lipinski definition) is 3. The highest BCUT2D eigenvalue weighted by Gasteiger charge is 2.25. The number of anilines is 1. The first-order chi connectivity index (χ1) is 11.4. The maximum Gasteiger partial charge on any atom is 0.257 e. The van der Waals surface area contributed by atoms with Gasteiger partial charge in [0.2, 0.25) is 0 Å². The molecule has 1 saturated heterocycles. The van der Waals surface area contributed by atoms with Crippen molar-refractivity contribution in [2.75, 3.05) is 18.0 Å². The van der Waals surface area contributed by atoms with E-state index in [2.05, 4.69) is 10.3 Å². The molecule has 1 fully saturated rings. The number of H-pyrrole nitrogens is 1. The zero-order chi connectivity index (χ0) is 17.3. The van der Waals surface area contributed by atoms with Gasteiger partial charge in [0, 0.05) is 42.8 Å². The Balaban J connectivity index is 1.66. The van der Waals surface area contributed by atoms with Crippen LogP contribution in [0.2, 0.25) is 5.02 Å². The Morgan fingerprint density at radius 1 is 1.42 bits per heavy atom. The number of carbonyl (C=O) groups excluding carboxylic acids is 1. The Morgan fingerprint density at radius 2 is 2.21 bits per heavy atom. The van der Waals surface area contributed by atoms with Crippen molar-refractivity contribution in [1.29, 1.82) is 0 Å². The molecule has 1 aliphatic heterocycles. The smallest absolute Gasteiger partial charge is 0.257 e. The Morgan fingerprint density at radius 3 is 2.92 bits per heavy atom. The summed E-state index contributed by atoms with van der Waals surface area (Å²) in [5.41, 5.74) is 1.32. The average Bonchev–Trinajstić information content (AvgIpc) is 2.98. The molecule has 0 radical (unpaired) electrons. The fraction of sp³-hybridized carbons (Fsp3) is 0.294. The summed E-state index contributed by atoms with van der Waals surface area (Å²) < 4.78 is 13.2. The molecule has 1 aromatic heterocycles. The van der Waals surface area contributed by atoms with E-state index in [4.69, 9.17) is 11.6 Å². The number of aromatic nitrogens is 1. The van der Waals surface area contributed by atoms with Gasteiger partial charge in [-0.1, -0.05) is 11.6 Å². The van der Waals surface area contributed by atoms with Crippen LogP contribution in [0.3, 0.4) is 0 Å². The van der Waals surface area contributed by atoms with E-state index in [9.17, 15) is 14.0 Å². The molecule has 0 bridgehead atoms. The standard InChI is InChI=1S/C17H17ClFN3O2/c1-10-6-16(23)13(8-20-10)17(24)21-11-4-5-22(9-11)12-2-3-15(19)14(18)7-12/h2-3,6-8,11H,4-5,9H2,1H3,(H,20,23)(H,21,24)/t11-/m0/s1. The van der Waals surface area contributed by atoms with Crippen LogP contribution in [-0.4, -0.2) is 30.0 Å². The predicted molar refractivity (Wildman–Crippen MR) is 91.3 cm³/mol. The van der Waals surface area contributed by atoms with Crippen molar-refractivity contribution >= 4 is 23.2 Å². The van der Waals surface area contributed by atoms with E-state index in [-0.39, 0.29) is 28.0 Å². The summed E-state index contributed by atoms with van der Waals surface area (Å²) in [7, 11) is 0. The number of pyridine rings is 1. The van der Waals surface area contributed by atoms with Gasteiger partial charge in [0.05, 0.1) is 5.02 Å². The number of rotatable bonds is 3. The lowest BCUT2D eigenvalue weighted by atomic mass is 10.2. The first-order valence-electron chi connectivity index (χ1n) is 7.64. The van der Waals surface area contributed by atoms with Crippen LogP contribution in [0, 0.1) is 12.7 Å². The lowest BCUT2D eigenvalue weighted by molar-refractivity contribution is 0.0939. The van der Waals surface area contributed by atoms with Crippen molar-refractivity contribution in [3.05, 3.63) is 62.8 Å². The van der Waals surface area contributed by atoms with Gasteiger partial charge in [-0.3, -0.25) is 9.59 Å². The highest BCUT2D eigenvalue weighted by Crippen LogP contribution is 2.25. The molecular formula is C17H17ClFN3O2. The number of aromatic amines is 1. The minimum atomic E-state index is -0.455. The van der Waals surface area contributed by atoms with Crippen molar-refractivity contribution in [1.82, 2.24) is 10.3 Å².